The molecule has 2 aromatic rings. The van der Waals surface area contributed by atoms with Gasteiger partial charge in [-0.05, 0) is 23.9 Å². The summed E-state index contributed by atoms with van der Waals surface area (Å²) < 4.78 is 5.22. The van der Waals surface area contributed by atoms with E-state index in [0.29, 0.717) is 11.5 Å². The van der Waals surface area contributed by atoms with E-state index in [1.165, 1.54) is 6.39 Å². The fourth-order valence-electron chi connectivity index (χ4n) is 1.17. The molecule has 0 saturated carbocycles. The van der Waals surface area contributed by atoms with Crippen LogP contribution in [0.3, 0.4) is 0 Å². The molecule has 0 aliphatic rings. The van der Waals surface area contributed by atoms with Crippen molar-refractivity contribution in [3.05, 3.63) is 29.1 Å². The van der Waals surface area contributed by atoms with E-state index in [1.54, 1.807) is 11.3 Å². The van der Waals surface area contributed by atoms with Gasteiger partial charge in [-0.25, -0.2) is 4.98 Å². The summed E-state index contributed by atoms with van der Waals surface area (Å²) >= 11 is 1.59. The molecule has 0 aliphatic carbocycles. The lowest BCUT2D eigenvalue weighted by molar-refractivity contribution is 0.277. The van der Waals surface area contributed by atoms with Crippen molar-refractivity contribution in [1.82, 2.24) is 4.98 Å². The molecule has 3 nitrogen and oxygen atoms in total. The molecule has 0 bridgehead atoms. The van der Waals surface area contributed by atoms with Crippen LogP contribution in [-0.2, 0) is 6.61 Å². The minimum absolute atomic E-state index is 0.0802. The molecule has 2 heterocycles. The number of thiophene rings is 1. The predicted octanol–water partition coefficient (Wildman–Crippen LogP) is 2.20. The van der Waals surface area contributed by atoms with Crippen LogP contribution in [0.15, 0.2) is 22.3 Å². The maximum atomic E-state index is 8.98. The molecule has 0 atom stereocenters. The summed E-state index contributed by atoms with van der Waals surface area (Å²) in [6.07, 6.45) is 1.36. The molecule has 0 fully saturated rings. The van der Waals surface area contributed by atoms with Crippen molar-refractivity contribution in [2.45, 2.75) is 13.5 Å². The minimum atomic E-state index is -0.0802. The van der Waals surface area contributed by atoms with Crippen LogP contribution in [0, 0.1) is 6.92 Å². The fourth-order valence-corrected chi connectivity index (χ4v) is 2.11. The number of hydrogen-bond donors (Lipinski definition) is 1. The Labute approximate surface area is 79.7 Å². The molecule has 0 unspecified atom stereocenters. The Kier molecular flexibility index (Phi) is 2.16. The van der Waals surface area contributed by atoms with E-state index in [-0.39, 0.29) is 6.61 Å². The maximum absolute atomic E-state index is 8.98. The summed E-state index contributed by atoms with van der Waals surface area (Å²) in [5.41, 5.74) is 1.75. The Bertz CT molecular complexity index is 405. The van der Waals surface area contributed by atoms with Gasteiger partial charge in [-0.3, -0.25) is 0 Å². The highest BCUT2D eigenvalue weighted by Crippen LogP contribution is 2.31. The average Bonchev–Trinajstić information content (AvgIpc) is 2.71. The number of aliphatic hydroxyl groups is 1. The molecule has 4 heteroatoms. The second-order valence-corrected chi connectivity index (χ2v) is 3.64. The normalized spacial score (nSPS) is 10.6. The van der Waals surface area contributed by atoms with E-state index < -0.39 is 0 Å². The van der Waals surface area contributed by atoms with Gasteiger partial charge in [0.15, 0.2) is 12.2 Å². The number of aryl methyl sites for hydroxylation is 1. The van der Waals surface area contributed by atoms with Gasteiger partial charge in [0.05, 0.1) is 11.5 Å². The lowest BCUT2D eigenvalue weighted by atomic mass is 10.2. The first-order valence-electron chi connectivity index (χ1n) is 3.90. The molecular formula is C9H9NO2S. The number of aromatic nitrogens is 1. The Morgan fingerprint density at radius 2 is 2.46 bits per heavy atom. The third-order valence-corrected chi connectivity index (χ3v) is 2.87. The quantitative estimate of drug-likeness (QED) is 0.799. The number of oxazole rings is 1. The monoisotopic (exact) mass is 195 g/mol. The van der Waals surface area contributed by atoms with Crippen LogP contribution in [0.1, 0.15) is 11.3 Å². The van der Waals surface area contributed by atoms with Gasteiger partial charge in [0, 0.05) is 0 Å². The van der Waals surface area contributed by atoms with Crippen LogP contribution in [-0.4, -0.2) is 10.1 Å². The molecule has 2 rings (SSSR count). The zero-order chi connectivity index (χ0) is 9.26. The molecule has 0 amide bonds. The summed E-state index contributed by atoms with van der Waals surface area (Å²) in [6.45, 7) is 1.93. The summed E-state index contributed by atoms with van der Waals surface area (Å²) in [6, 6.07) is 2.02. The van der Waals surface area contributed by atoms with Crippen molar-refractivity contribution >= 4 is 11.3 Å². The van der Waals surface area contributed by atoms with Gasteiger partial charge < -0.3 is 9.52 Å². The van der Waals surface area contributed by atoms with Gasteiger partial charge in [-0.15, -0.1) is 11.3 Å². The Balaban J connectivity index is 2.52. The summed E-state index contributed by atoms with van der Waals surface area (Å²) in [4.78, 5) is 4.96. The van der Waals surface area contributed by atoms with Gasteiger partial charge in [0.1, 0.15) is 5.69 Å². The van der Waals surface area contributed by atoms with E-state index in [9.17, 15) is 0 Å². The average molecular weight is 195 g/mol. The Morgan fingerprint density at radius 1 is 1.62 bits per heavy atom. The lowest BCUT2D eigenvalue weighted by Gasteiger charge is -1.95. The predicted molar refractivity (Wildman–Crippen MR) is 50.5 cm³/mol. The van der Waals surface area contributed by atoms with E-state index in [0.717, 1.165) is 10.4 Å². The van der Waals surface area contributed by atoms with Crippen molar-refractivity contribution in [2.24, 2.45) is 0 Å². The van der Waals surface area contributed by atoms with E-state index in [1.807, 2.05) is 18.4 Å². The third-order valence-electron chi connectivity index (χ3n) is 1.86. The van der Waals surface area contributed by atoms with Crippen LogP contribution in [0.2, 0.25) is 0 Å². The Hall–Kier alpha value is -1.13. The zero-order valence-corrected chi connectivity index (χ0v) is 7.97. The molecule has 2 aromatic heterocycles. The summed E-state index contributed by atoms with van der Waals surface area (Å²) in [5.74, 6) is 0.690. The molecule has 13 heavy (non-hydrogen) atoms. The number of rotatable bonds is 2. The minimum Gasteiger partial charge on any atom is -0.442 e. The van der Waals surface area contributed by atoms with Crippen molar-refractivity contribution < 1.29 is 9.52 Å². The Morgan fingerprint density at radius 3 is 3.08 bits per heavy atom. The summed E-state index contributed by atoms with van der Waals surface area (Å²) in [7, 11) is 0. The second kappa shape index (κ2) is 3.32. The van der Waals surface area contributed by atoms with Crippen LogP contribution in [0.25, 0.3) is 10.6 Å². The smallest absolute Gasteiger partial charge is 0.181 e. The van der Waals surface area contributed by atoms with E-state index >= 15 is 0 Å². The van der Waals surface area contributed by atoms with E-state index in [2.05, 4.69) is 4.98 Å². The standard InChI is InChI=1S/C9H9NO2S/c1-6-2-3-13-9(6)8-7(4-11)10-5-12-8/h2-3,5,11H,4H2,1H3. The molecule has 0 spiro atoms. The fraction of sp³-hybridized carbons (Fsp3) is 0.222. The first-order chi connectivity index (χ1) is 6.33. The number of nitrogens with zero attached hydrogens (tertiary/aromatic N) is 1. The zero-order valence-electron chi connectivity index (χ0n) is 7.15. The van der Waals surface area contributed by atoms with Crippen molar-refractivity contribution in [3.63, 3.8) is 0 Å². The third kappa shape index (κ3) is 1.38. The molecule has 68 valence electrons. The van der Waals surface area contributed by atoms with Gasteiger partial charge in [-0.1, -0.05) is 0 Å². The second-order valence-electron chi connectivity index (χ2n) is 2.72. The maximum Gasteiger partial charge on any atom is 0.181 e. The molecule has 0 radical (unpaired) electrons. The van der Waals surface area contributed by atoms with Crippen LogP contribution in [0.4, 0.5) is 0 Å². The summed E-state index contributed by atoms with van der Waals surface area (Å²) in [5, 5.41) is 11.0. The van der Waals surface area contributed by atoms with Crippen LogP contribution < -0.4 is 0 Å². The number of hydrogen-bond acceptors (Lipinski definition) is 4. The molecule has 0 saturated heterocycles. The molecular weight excluding hydrogens is 186 g/mol. The molecule has 0 aromatic carbocycles. The highest BCUT2D eigenvalue weighted by Gasteiger charge is 2.12. The lowest BCUT2D eigenvalue weighted by Crippen LogP contribution is -1.85. The van der Waals surface area contributed by atoms with Crippen LogP contribution >= 0.6 is 11.3 Å². The largest absolute Gasteiger partial charge is 0.442 e. The van der Waals surface area contributed by atoms with Gasteiger partial charge in [-0.2, -0.15) is 0 Å². The first-order valence-corrected chi connectivity index (χ1v) is 4.78. The SMILES string of the molecule is Cc1ccsc1-c1ocnc1CO. The molecule has 1 N–H and O–H groups in total. The first kappa shape index (κ1) is 8.47. The van der Waals surface area contributed by atoms with Crippen molar-refractivity contribution in [1.29, 1.82) is 0 Å². The highest BCUT2D eigenvalue weighted by molar-refractivity contribution is 7.13. The van der Waals surface area contributed by atoms with Crippen LogP contribution in [0.5, 0.6) is 0 Å². The molecule has 0 aliphatic heterocycles. The van der Waals surface area contributed by atoms with Crippen molar-refractivity contribution in [3.8, 4) is 10.6 Å². The topological polar surface area (TPSA) is 46.3 Å². The van der Waals surface area contributed by atoms with E-state index in [4.69, 9.17) is 9.52 Å². The van der Waals surface area contributed by atoms with Crippen molar-refractivity contribution in [2.75, 3.05) is 0 Å². The number of aliphatic hydroxyl groups excluding tert-OH is 1. The highest BCUT2D eigenvalue weighted by atomic mass is 32.1. The van der Waals surface area contributed by atoms with Gasteiger partial charge >= 0.3 is 0 Å². The van der Waals surface area contributed by atoms with Gasteiger partial charge in [0.25, 0.3) is 0 Å². The van der Waals surface area contributed by atoms with Gasteiger partial charge in [0.2, 0.25) is 0 Å².